The van der Waals surface area contributed by atoms with Gasteiger partial charge in [-0.3, -0.25) is 4.79 Å². The van der Waals surface area contributed by atoms with Crippen LogP contribution in [0, 0.1) is 5.41 Å². The van der Waals surface area contributed by atoms with E-state index in [1.807, 2.05) is 18.2 Å². The quantitative estimate of drug-likeness (QED) is 0.897. The molecule has 0 saturated carbocycles. The van der Waals surface area contributed by atoms with Crippen LogP contribution in [0.5, 0.6) is 0 Å². The van der Waals surface area contributed by atoms with Gasteiger partial charge in [-0.1, -0.05) is 30.3 Å². The molecule has 2 aliphatic heterocycles. The first-order valence-corrected chi connectivity index (χ1v) is 7.30. The van der Waals surface area contributed by atoms with Crippen LogP contribution in [0.1, 0.15) is 24.8 Å². The molecule has 3 nitrogen and oxygen atoms in total. The average molecular weight is 258 g/mol. The highest BCUT2D eigenvalue weighted by molar-refractivity contribution is 5.76. The highest BCUT2D eigenvalue weighted by atomic mass is 16.2. The summed E-state index contributed by atoms with van der Waals surface area (Å²) in [7, 11) is 0. The molecule has 3 heteroatoms. The van der Waals surface area contributed by atoms with Gasteiger partial charge in [0.25, 0.3) is 0 Å². The Morgan fingerprint density at radius 2 is 2.11 bits per heavy atom. The molecule has 1 aromatic carbocycles. The van der Waals surface area contributed by atoms with Crippen LogP contribution in [0.2, 0.25) is 0 Å². The summed E-state index contributed by atoms with van der Waals surface area (Å²) in [6.07, 6.45) is 3.92. The van der Waals surface area contributed by atoms with E-state index in [9.17, 15) is 4.79 Å². The molecule has 0 aliphatic carbocycles. The number of carbonyl (C=O) groups excluding carboxylic acids is 1. The Morgan fingerprint density at radius 1 is 1.26 bits per heavy atom. The summed E-state index contributed by atoms with van der Waals surface area (Å²) in [5.41, 5.74) is 1.65. The van der Waals surface area contributed by atoms with E-state index in [4.69, 9.17) is 0 Å². The number of nitrogens with one attached hydrogen (secondary N) is 1. The number of nitrogens with zero attached hydrogens (tertiary/aromatic N) is 1. The van der Waals surface area contributed by atoms with E-state index < -0.39 is 0 Å². The van der Waals surface area contributed by atoms with Crippen LogP contribution in [0.3, 0.4) is 0 Å². The van der Waals surface area contributed by atoms with E-state index in [0.29, 0.717) is 17.7 Å². The number of benzene rings is 1. The molecule has 1 amide bonds. The fraction of sp³-hybridized carbons (Fsp3) is 0.562. The van der Waals surface area contributed by atoms with E-state index in [1.165, 1.54) is 18.4 Å². The molecule has 102 valence electrons. The summed E-state index contributed by atoms with van der Waals surface area (Å²) in [6.45, 7) is 4.13. The van der Waals surface area contributed by atoms with Crippen LogP contribution < -0.4 is 5.32 Å². The maximum absolute atomic E-state index is 12.3. The third kappa shape index (κ3) is 2.81. The standard InChI is InChI=1S/C16H22N2O/c19-15(7-6-14-4-2-1-3-5-14)18-11-9-16(13-18)8-10-17-12-16/h1-5,17H,6-13H2. The molecule has 1 unspecified atom stereocenters. The van der Waals surface area contributed by atoms with Crippen molar-refractivity contribution in [1.82, 2.24) is 10.2 Å². The average Bonchev–Trinajstić information content (AvgIpc) is 3.08. The molecule has 0 radical (unpaired) electrons. The predicted octanol–water partition coefficient (Wildman–Crippen LogP) is 1.83. The van der Waals surface area contributed by atoms with E-state index >= 15 is 0 Å². The normalized spacial score (nSPS) is 26.2. The summed E-state index contributed by atoms with van der Waals surface area (Å²) in [5.74, 6) is 0.327. The summed E-state index contributed by atoms with van der Waals surface area (Å²) in [5, 5.41) is 3.43. The maximum atomic E-state index is 12.3. The van der Waals surface area contributed by atoms with Crippen LogP contribution in [0.15, 0.2) is 30.3 Å². The first-order valence-electron chi connectivity index (χ1n) is 7.30. The highest BCUT2D eigenvalue weighted by Gasteiger charge is 2.41. The predicted molar refractivity (Wildman–Crippen MR) is 75.9 cm³/mol. The minimum atomic E-state index is 0.327. The van der Waals surface area contributed by atoms with Crippen LogP contribution in [-0.2, 0) is 11.2 Å². The number of hydrogen-bond acceptors (Lipinski definition) is 2. The highest BCUT2D eigenvalue weighted by Crippen LogP contribution is 2.36. The number of likely N-dealkylation sites (tertiary alicyclic amines) is 1. The Labute approximate surface area is 115 Å². The van der Waals surface area contributed by atoms with Gasteiger partial charge in [0, 0.05) is 31.5 Å². The summed E-state index contributed by atoms with van der Waals surface area (Å²) in [4.78, 5) is 14.3. The van der Waals surface area contributed by atoms with Gasteiger partial charge in [0.1, 0.15) is 0 Å². The van der Waals surface area contributed by atoms with Crippen molar-refractivity contribution < 1.29 is 4.79 Å². The minimum absolute atomic E-state index is 0.327. The third-order valence-corrected chi connectivity index (χ3v) is 4.59. The molecule has 1 aromatic rings. The van der Waals surface area contributed by atoms with Gasteiger partial charge >= 0.3 is 0 Å². The molecule has 0 aromatic heterocycles. The Hall–Kier alpha value is -1.35. The van der Waals surface area contributed by atoms with Crippen LogP contribution in [0.25, 0.3) is 0 Å². The molecule has 2 saturated heterocycles. The second-order valence-electron chi connectivity index (χ2n) is 5.98. The van der Waals surface area contributed by atoms with Crippen LogP contribution in [-0.4, -0.2) is 37.0 Å². The van der Waals surface area contributed by atoms with E-state index in [-0.39, 0.29) is 0 Å². The lowest BCUT2D eigenvalue weighted by Crippen LogP contribution is -2.33. The second kappa shape index (κ2) is 5.33. The topological polar surface area (TPSA) is 32.3 Å². The zero-order valence-corrected chi connectivity index (χ0v) is 11.4. The minimum Gasteiger partial charge on any atom is -0.342 e. The largest absolute Gasteiger partial charge is 0.342 e. The Balaban J connectivity index is 1.51. The van der Waals surface area contributed by atoms with Gasteiger partial charge in [-0.25, -0.2) is 0 Å². The molecule has 19 heavy (non-hydrogen) atoms. The Bertz CT molecular complexity index is 437. The van der Waals surface area contributed by atoms with Crippen molar-refractivity contribution in [3.63, 3.8) is 0 Å². The number of aryl methyl sites for hydroxylation is 1. The fourth-order valence-electron chi connectivity index (χ4n) is 3.35. The van der Waals surface area contributed by atoms with Crippen molar-refractivity contribution in [3.05, 3.63) is 35.9 Å². The number of carbonyl (C=O) groups is 1. The van der Waals surface area contributed by atoms with E-state index in [0.717, 1.165) is 32.6 Å². The molecule has 0 bridgehead atoms. The lowest BCUT2D eigenvalue weighted by molar-refractivity contribution is -0.130. The molecule has 3 rings (SSSR count). The lowest BCUT2D eigenvalue weighted by atomic mass is 9.86. The van der Waals surface area contributed by atoms with Gasteiger partial charge < -0.3 is 10.2 Å². The molecule has 1 spiro atoms. The smallest absolute Gasteiger partial charge is 0.222 e. The first-order chi connectivity index (χ1) is 9.27. The zero-order valence-electron chi connectivity index (χ0n) is 11.4. The van der Waals surface area contributed by atoms with E-state index in [2.05, 4.69) is 22.3 Å². The number of amides is 1. The molecule has 2 heterocycles. The van der Waals surface area contributed by atoms with Gasteiger partial charge in [-0.2, -0.15) is 0 Å². The molecular formula is C16H22N2O. The summed E-state index contributed by atoms with van der Waals surface area (Å²) >= 11 is 0. The molecule has 2 fully saturated rings. The lowest BCUT2D eigenvalue weighted by Gasteiger charge is -2.22. The van der Waals surface area contributed by atoms with Gasteiger partial charge in [-0.05, 0) is 31.4 Å². The van der Waals surface area contributed by atoms with Crippen LogP contribution >= 0.6 is 0 Å². The van der Waals surface area contributed by atoms with Crippen molar-refractivity contribution in [3.8, 4) is 0 Å². The number of hydrogen-bond donors (Lipinski definition) is 1. The summed E-state index contributed by atoms with van der Waals surface area (Å²) in [6, 6.07) is 10.3. The maximum Gasteiger partial charge on any atom is 0.222 e. The summed E-state index contributed by atoms with van der Waals surface area (Å²) < 4.78 is 0. The van der Waals surface area contributed by atoms with Gasteiger partial charge in [0.05, 0.1) is 0 Å². The third-order valence-electron chi connectivity index (χ3n) is 4.59. The molecular weight excluding hydrogens is 236 g/mol. The van der Waals surface area contributed by atoms with Crippen molar-refractivity contribution in [2.24, 2.45) is 5.41 Å². The molecule has 2 aliphatic rings. The van der Waals surface area contributed by atoms with Crippen molar-refractivity contribution in [2.75, 3.05) is 26.2 Å². The fourth-order valence-corrected chi connectivity index (χ4v) is 3.35. The first kappa shape index (κ1) is 12.7. The van der Waals surface area contributed by atoms with Crippen molar-refractivity contribution in [1.29, 1.82) is 0 Å². The van der Waals surface area contributed by atoms with Crippen molar-refractivity contribution >= 4 is 5.91 Å². The second-order valence-corrected chi connectivity index (χ2v) is 5.98. The van der Waals surface area contributed by atoms with E-state index in [1.54, 1.807) is 0 Å². The number of rotatable bonds is 3. The Morgan fingerprint density at radius 3 is 2.84 bits per heavy atom. The Kier molecular flexibility index (Phi) is 3.56. The van der Waals surface area contributed by atoms with Gasteiger partial charge in [0.2, 0.25) is 5.91 Å². The molecule has 1 N–H and O–H groups in total. The SMILES string of the molecule is O=C(CCc1ccccc1)N1CCC2(CCNC2)C1. The zero-order chi connectivity index (χ0) is 13.1. The van der Waals surface area contributed by atoms with Crippen molar-refractivity contribution in [2.45, 2.75) is 25.7 Å². The van der Waals surface area contributed by atoms with Gasteiger partial charge in [-0.15, -0.1) is 0 Å². The van der Waals surface area contributed by atoms with Crippen LogP contribution in [0.4, 0.5) is 0 Å². The molecule has 1 atom stereocenters. The monoisotopic (exact) mass is 258 g/mol. The van der Waals surface area contributed by atoms with Gasteiger partial charge in [0.15, 0.2) is 0 Å².